The number of amides is 1. The Balaban J connectivity index is 2.22. The fourth-order valence-corrected chi connectivity index (χ4v) is 1.90. The number of carbonyl (C=O) groups excluding carboxylic acids is 1. The number of hydrogen-bond acceptors (Lipinski definition) is 3. The maximum atomic E-state index is 11.6. The number of benzene rings is 1. The van der Waals surface area contributed by atoms with E-state index in [-0.39, 0.29) is 5.91 Å². The van der Waals surface area contributed by atoms with E-state index in [9.17, 15) is 4.79 Å². The summed E-state index contributed by atoms with van der Waals surface area (Å²) in [4.78, 5) is 11.6. The predicted molar refractivity (Wildman–Crippen MR) is 69.8 cm³/mol. The summed E-state index contributed by atoms with van der Waals surface area (Å²) in [5.41, 5.74) is 0.652. The van der Waals surface area contributed by atoms with Crippen LogP contribution in [0.3, 0.4) is 0 Å². The molecular weight excluding hydrogens is 284 g/mol. The molecule has 17 heavy (non-hydrogen) atoms. The SMILES string of the molecule is CC(C)CC(=O)Nc1noc2cc(Br)ccc12. The number of halogens is 1. The Hall–Kier alpha value is -1.36. The average Bonchev–Trinajstić information content (AvgIpc) is 2.59. The van der Waals surface area contributed by atoms with Gasteiger partial charge in [-0.05, 0) is 24.1 Å². The quantitative estimate of drug-likeness (QED) is 0.942. The van der Waals surface area contributed by atoms with Crippen molar-refractivity contribution in [1.29, 1.82) is 0 Å². The van der Waals surface area contributed by atoms with E-state index in [0.29, 0.717) is 23.7 Å². The van der Waals surface area contributed by atoms with Crippen molar-refractivity contribution in [3.8, 4) is 0 Å². The summed E-state index contributed by atoms with van der Waals surface area (Å²) in [6.07, 6.45) is 0.477. The van der Waals surface area contributed by atoms with E-state index in [2.05, 4.69) is 26.4 Å². The minimum absolute atomic E-state index is 0.0434. The Bertz CT molecular complexity index is 548. The van der Waals surface area contributed by atoms with Gasteiger partial charge < -0.3 is 9.84 Å². The van der Waals surface area contributed by atoms with Crippen molar-refractivity contribution >= 4 is 38.6 Å². The van der Waals surface area contributed by atoms with Crippen LogP contribution in [0.4, 0.5) is 5.82 Å². The summed E-state index contributed by atoms with van der Waals surface area (Å²) in [5.74, 6) is 0.763. The van der Waals surface area contributed by atoms with Crippen LogP contribution in [0.2, 0.25) is 0 Å². The predicted octanol–water partition coefficient (Wildman–Crippen LogP) is 3.57. The van der Waals surface area contributed by atoms with Crippen LogP contribution >= 0.6 is 15.9 Å². The minimum atomic E-state index is -0.0434. The third kappa shape index (κ3) is 2.85. The van der Waals surface area contributed by atoms with Gasteiger partial charge in [-0.3, -0.25) is 4.79 Å². The van der Waals surface area contributed by atoms with E-state index in [1.54, 1.807) is 0 Å². The summed E-state index contributed by atoms with van der Waals surface area (Å²) in [6, 6.07) is 5.57. The molecule has 0 atom stereocenters. The van der Waals surface area contributed by atoms with Gasteiger partial charge in [-0.2, -0.15) is 0 Å². The summed E-state index contributed by atoms with van der Waals surface area (Å²) in [6.45, 7) is 4.00. The molecule has 0 aliphatic rings. The van der Waals surface area contributed by atoms with Crippen molar-refractivity contribution in [2.75, 3.05) is 5.32 Å². The van der Waals surface area contributed by atoms with Crippen molar-refractivity contribution in [1.82, 2.24) is 5.16 Å². The van der Waals surface area contributed by atoms with Gasteiger partial charge in [-0.15, -0.1) is 0 Å². The Morgan fingerprint density at radius 2 is 2.29 bits per heavy atom. The summed E-state index contributed by atoms with van der Waals surface area (Å²) >= 11 is 3.35. The molecule has 5 heteroatoms. The topological polar surface area (TPSA) is 55.1 Å². The molecule has 1 heterocycles. The van der Waals surface area contributed by atoms with Gasteiger partial charge in [0.05, 0.1) is 5.39 Å². The zero-order valence-corrected chi connectivity index (χ0v) is 11.2. The first kappa shape index (κ1) is 12.1. The standard InChI is InChI=1S/C12H13BrN2O2/c1-7(2)5-11(16)14-12-9-4-3-8(13)6-10(9)17-15-12/h3-4,6-7H,5H2,1-2H3,(H,14,15,16). The van der Waals surface area contributed by atoms with Crippen LogP contribution in [0.5, 0.6) is 0 Å². The molecule has 1 aromatic heterocycles. The Morgan fingerprint density at radius 3 is 3.00 bits per heavy atom. The van der Waals surface area contributed by atoms with Crippen LogP contribution in [0.1, 0.15) is 20.3 Å². The number of hydrogen-bond donors (Lipinski definition) is 1. The number of fused-ring (bicyclic) bond motifs is 1. The number of nitrogens with zero attached hydrogens (tertiary/aromatic N) is 1. The van der Waals surface area contributed by atoms with Gasteiger partial charge in [0.1, 0.15) is 0 Å². The summed E-state index contributed by atoms with van der Waals surface area (Å²) in [7, 11) is 0. The van der Waals surface area contributed by atoms with Crippen LogP contribution in [-0.4, -0.2) is 11.1 Å². The molecule has 2 rings (SSSR count). The smallest absolute Gasteiger partial charge is 0.225 e. The summed E-state index contributed by atoms with van der Waals surface area (Å²) in [5, 5.41) is 7.42. The lowest BCUT2D eigenvalue weighted by molar-refractivity contribution is -0.116. The first-order chi connectivity index (χ1) is 8.06. The molecule has 0 radical (unpaired) electrons. The Labute approximate surface area is 107 Å². The van der Waals surface area contributed by atoms with Crippen molar-refractivity contribution in [2.24, 2.45) is 5.92 Å². The number of aromatic nitrogens is 1. The molecule has 1 amide bonds. The van der Waals surface area contributed by atoms with E-state index < -0.39 is 0 Å². The lowest BCUT2D eigenvalue weighted by atomic mass is 10.1. The van der Waals surface area contributed by atoms with Gasteiger partial charge in [0, 0.05) is 10.9 Å². The number of anilines is 1. The van der Waals surface area contributed by atoms with Crippen molar-refractivity contribution in [3.05, 3.63) is 22.7 Å². The first-order valence-corrected chi connectivity index (χ1v) is 6.20. The highest BCUT2D eigenvalue weighted by Crippen LogP contribution is 2.25. The van der Waals surface area contributed by atoms with Crippen molar-refractivity contribution in [3.63, 3.8) is 0 Å². The molecule has 1 N–H and O–H groups in total. The maximum absolute atomic E-state index is 11.6. The highest BCUT2D eigenvalue weighted by Gasteiger charge is 2.12. The van der Waals surface area contributed by atoms with Gasteiger partial charge in [-0.25, -0.2) is 0 Å². The fourth-order valence-electron chi connectivity index (χ4n) is 1.56. The van der Waals surface area contributed by atoms with Gasteiger partial charge in [0.15, 0.2) is 11.4 Å². The highest BCUT2D eigenvalue weighted by molar-refractivity contribution is 9.10. The maximum Gasteiger partial charge on any atom is 0.225 e. The minimum Gasteiger partial charge on any atom is -0.354 e. The number of nitrogens with one attached hydrogen (secondary N) is 1. The van der Waals surface area contributed by atoms with Crippen molar-refractivity contribution < 1.29 is 9.32 Å². The normalized spacial score (nSPS) is 11.1. The van der Waals surface area contributed by atoms with Crippen molar-refractivity contribution in [2.45, 2.75) is 20.3 Å². The average molecular weight is 297 g/mol. The molecule has 2 aromatic rings. The van der Waals surface area contributed by atoms with Gasteiger partial charge >= 0.3 is 0 Å². The van der Waals surface area contributed by atoms with Crippen LogP contribution < -0.4 is 5.32 Å². The zero-order chi connectivity index (χ0) is 12.4. The number of carbonyl (C=O) groups is 1. The van der Waals surface area contributed by atoms with Crippen LogP contribution in [0.25, 0.3) is 11.0 Å². The lowest BCUT2D eigenvalue weighted by Gasteiger charge is -2.03. The highest BCUT2D eigenvalue weighted by atomic mass is 79.9. The molecule has 0 unspecified atom stereocenters. The van der Waals surface area contributed by atoms with Crippen LogP contribution in [0.15, 0.2) is 27.2 Å². The molecular formula is C12H13BrN2O2. The van der Waals surface area contributed by atoms with Gasteiger partial charge in [-0.1, -0.05) is 34.9 Å². The van der Waals surface area contributed by atoms with Gasteiger partial charge in [0.2, 0.25) is 5.91 Å². The van der Waals surface area contributed by atoms with Gasteiger partial charge in [0.25, 0.3) is 0 Å². The van der Waals surface area contributed by atoms with Crippen LogP contribution in [-0.2, 0) is 4.79 Å². The molecule has 0 bridgehead atoms. The van der Waals surface area contributed by atoms with E-state index >= 15 is 0 Å². The molecule has 1 aromatic carbocycles. The number of rotatable bonds is 3. The molecule has 0 fully saturated rings. The fraction of sp³-hybridized carbons (Fsp3) is 0.333. The second-order valence-corrected chi connectivity index (χ2v) is 5.23. The molecule has 90 valence electrons. The largest absolute Gasteiger partial charge is 0.354 e. The summed E-state index contributed by atoms with van der Waals surface area (Å²) < 4.78 is 6.06. The molecule has 0 spiro atoms. The molecule has 0 aliphatic carbocycles. The monoisotopic (exact) mass is 296 g/mol. The molecule has 0 aliphatic heterocycles. The van der Waals surface area contributed by atoms with E-state index in [4.69, 9.17) is 4.52 Å². The second kappa shape index (κ2) is 4.87. The molecule has 0 saturated heterocycles. The second-order valence-electron chi connectivity index (χ2n) is 4.32. The van der Waals surface area contributed by atoms with E-state index in [0.717, 1.165) is 9.86 Å². The third-order valence-corrected chi connectivity index (χ3v) is 2.78. The Morgan fingerprint density at radius 1 is 1.53 bits per heavy atom. The Kier molecular flexibility index (Phi) is 3.47. The molecule has 0 saturated carbocycles. The van der Waals surface area contributed by atoms with E-state index in [1.807, 2.05) is 32.0 Å². The van der Waals surface area contributed by atoms with E-state index in [1.165, 1.54) is 0 Å². The lowest BCUT2D eigenvalue weighted by Crippen LogP contribution is -2.14. The molecule has 4 nitrogen and oxygen atoms in total. The third-order valence-electron chi connectivity index (χ3n) is 2.29. The zero-order valence-electron chi connectivity index (χ0n) is 9.66. The van der Waals surface area contributed by atoms with Crippen LogP contribution in [0, 0.1) is 5.92 Å². The first-order valence-electron chi connectivity index (χ1n) is 5.41.